The minimum Gasteiger partial charge on any atom is -0.490 e. The monoisotopic (exact) mass is 328 g/mol. The van der Waals surface area contributed by atoms with E-state index in [0.29, 0.717) is 13.2 Å². The fourth-order valence-corrected chi connectivity index (χ4v) is 2.03. The summed E-state index contributed by atoms with van der Waals surface area (Å²) >= 11 is 3.52. The van der Waals surface area contributed by atoms with Gasteiger partial charge in [-0.15, -0.1) is 0 Å². The van der Waals surface area contributed by atoms with E-state index < -0.39 is 0 Å². The summed E-state index contributed by atoms with van der Waals surface area (Å²) in [6, 6.07) is 3.91. The molecule has 0 aliphatic rings. The molecule has 0 atom stereocenters. The Morgan fingerprint density at radius 1 is 1.26 bits per heavy atom. The molecule has 0 aromatic heterocycles. The smallest absolute Gasteiger partial charge is 0.175 e. The lowest BCUT2D eigenvalue weighted by molar-refractivity contribution is 0.275. The normalized spacial score (nSPS) is 10.8. The van der Waals surface area contributed by atoms with Gasteiger partial charge in [0.05, 0.1) is 23.9 Å². The number of nitrogens with zero attached hydrogens (tertiary/aromatic N) is 2. The zero-order valence-electron chi connectivity index (χ0n) is 11.9. The standard InChI is InChI=1S/C14H21BrN2O2/c1-5-7-19-14-12(15)8-11(10-16-17(3)4)9-13(14)18-6-2/h8-10H,5-7H2,1-4H3/b16-10+. The molecule has 5 heteroatoms. The number of halogens is 1. The second-order valence-electron chi connectivity index (χ2n) is 4.20. The SMILES string of the molecule is CCCOc1c(Br)cc(/C=N/N(C)C)cc1OCC. The molecule has 0 N–H and O–H groups in total. The molecule has 19 heavy (non-hydrogen) atoms. The largest absolute Gasteiger partial charge is 0.490 e. The van der Waals surface area contributed by atoms with Crippen LogP contribution in [0.4, 0.5) is 0 Å². The van der Waals surface area contributed by atoms with Crippen LogP contribution >= 0.6 is 15.9 Å². The molecular weight excluding hydrogens is 308 g/mol. The van der Waals surface area contributed by atoms with E-state index >= 15 is 0 Å². The first-order valence-electron chi connectivity index (χ1n) is 6.38. The van der Waals surface area contributed by atoms with Crippen molar-refractivity contribution in [3.8, 4) is 11.5 Å². The van der Waals surface area contributed by atoms with E-state index in [2.05, 4.69) is 28.0 Å². The average Bonchev–Trinajstić information content (AvgIpc) is 2.36. The highest BCUT2D eigenvalue weighted by Gasteiger charge is 2.11. The van der Waals surface area contributed by atoms with Gasteiger partial charge in [-0.3, -0.25) is 0 Å². The van der Waals surface area contributed by atoms with Gasteiger partial charge in [0.2, 0.25) is 0 Å². The second kappa shape index (κ2) is 8.04. The first-order valence-corrected chi connectivity index (χ1v) is 7.18. The number of hydrogen-bond donors (Lipinski definition) is 0. The predicted molar refractivity (Wildman–Crippen MR) is 82.4 cm³/mol. The van der Waals surface area contributed by atoms with Crippen LogP contribution in [0.25, 0.3) is 0 Å². The van der Waals surface area contributed by atoms with E-state index in [0.717, 1.165) is 28.0 Å². The number of hydrazone groups is 1. The summed E-state index contributed by atoms with van der Waals surface area (Å²) in [7, 11) is 3.77. The van der Waals surface area contributed by atoms with Gasteiger partial charge in [0, 0.05) is 14.1 Å². The van der Waals surface area contributed by atoms with Gasteiger partial charge in [-0.05, 0) is 47.0 Å². The predicted octanol–water partition coefficient (Wildman–Crippen LogP) is 3.53. The minimum atomic E-state index is 0.600. The summed E-state index contributed by atoms with van der Waals surface area (Å²) < 4.78 is 12.2. The molecule has 0 amide bonds. The van der Waals surface area contributed by atoms with Crippen LogP contribution < -0.4 is 9.47 Å². The highest BCUT2D eigenvalue weighted by atomic mass is 79.9. The van der Waals surface area contributed by atoms with Crippen LogP contribution in [0.3, 0.4) is 0 Å². The fraction of sp³-hybridized carbons (Fsp3) is 0.500. The number of ether oxygens (including phenoxy) is 2. The molecule has 0 aliphatic heterocycles. The Balaban J connectivity index is 3.05. The third-order valence-electron chi connectivity index (χ3n) is 2.22. The third-order valence-corrected chi connectivity index (χ3v) is 2.81. The number of hydrogen-bond acceptors (Lipinski definition) is 4. The van der Waals surface area contributed by atoms with Crippen molar-refractivity contribution in [1.82, 2.24) is 5.01 Å². The van der Waals surface area contributed by atoms with Crippen molar-refractivity contribution >= 4 is 22.1 Å². The van der Waals surface area contributed by atoms with Crippen LogP contribution in [0.2, 0.25) is 0 Å². The topological polar surface area (TPSA) is 34.1 Å². The summed E-state index contributed by atoms with van der Waals surface area (Å²) in [5.41, 5.74) is 0.966. The molecule has 0 fully saturated rings. The van der Waals surface area contributed by atoms with E-state index in [1.807, 2.05) is 33.2 Å². The maximum absolute atomic E-state index is 5.72. The number of rotatable bonds is 7. The molecule has 0 bridgehead atoms. The zero-order chi connectivity index (χ0) is 14.3. The maximum atomic E-state index is 5.72. The highest BCUT2D eigenvalue weighted by Crippen LogP contribution is 2.36. The molecule has 0 spiro atoms. The molecule has 1 rings (SSSR count). The fourth-order valence-electron chi connectivity index (χ4n) is 1.45. The van der Waals surface area contributed by atoms with Gasteiger partial charge in [0.15, 0.2) is 11.5 Å². The quantitative estimate of drug-likeness (QED) is 0.567. The van der Waals surface area contributed by atoms with Crippen molar-refractivity contribution < 1.29 is 9.47 Å². The lowest BCUT2D eigenvalue weighted by Gasteiger charge is -2.14. The van der Waals surface area contributed by atoms with Crippen molar-refractivity contribution in [2.75, 3.05) is 27.3 Å². The van der Waals surface area contributed by atoms with E-state index in [1.54, 1.807) is 11.2 Å². The summed E-state index contributed by atoms with van der Waals surface area (Å²) in [5.74, 6) is 1.50. The molecule has 106 valence electrons. The number of benzene rings is 1. The Hall–Kier alpha value is -1.23. The van der Waals surface area contributed by atoms with Gasteiger partial charge in [0.1, 0.15) is 0 Å². The zero-order valence-corrected chi connectivity index (χ0v) is 13.5. The van der Waals surface area contributed by atoms with Crippen LogP contribution in [0.1, 0.15) is 25.8 Å². The average molecular weight is 329 g/mol. The lowest BCUT2D eigenvalue weighted by atomic mass is 10.2. The van der Waals surface area contributed by atoms with Crippen molar-refractivity contribution in [1.29, 1.82) is 0 Å². The highest BCUT2D eigenvalue weighted by molar-refractivity contribution is 9.10. The van der Waals surface area contributed by atoms with E-state index in [-0.39, 0.29) is 0 Å². The van der Waals surface area contributed by atoms with Gasteiger partial charge in [-0.25, -0.2) is 0 Å². The summed E-state index contributed by atoms with van der Waals surface area (Å²) in [4.78, 5) is 0. The Bertz CT molecular complexity index is 434. The van der Waals surface area contributed by atoms with Crippen LogP contribution in [0.5, 0.6) is 11.5 Å². The van der Waals surface area contributed by atoms with Crippen LogP contribution in [0.15, 0.2) is 21.7 Å². The van der Waals surface area contributed by atoms with Gasteiger partial charge >= 0.3 is 0 Å². The Morgan fingerprint density at radius 3 is 2.58 bits per heavy atom. The van der Waals surface area contributed by atoms with Crippen molar-refractivity contribution in [2.45, 2.75) is 20.3 Å². The van der Waals surface area contributed by atoms with Gasteiger partial charge in [-0.2, -0.15) is 5.10 Å². The molecule has 1 aromatic rings. The van der Waals surface area contributed by atoms with E-state index in [1.165, 1.54) is 0 Å². The second-order valence-corrected chi connectivity index (χ2v) is 5.06. The molecule has 0 saturated heterocycles. The van der Waals surface area contributed by atoms with E-state index in [9.17, 15) is 0 Å². The minimum absolute atomic E-state index is 0.600. The molecule has 0 saturated carbocycles. The lowest BCUT2D eigenvalue weighted by Crippen LogP contribution is -2.04. The van der Waals surface area contributed by atoms with Crippen molar-refractivity contribution in [2.24, 2.45) is 5.10 Å². The Labute approximate surface area is 123 Å². The summed E-state index contributed by atoms with van der Waals surface area (Å²) in [6.45, 7) is 5.30. The van der Waals surface area contributed by atoms with Crippen LogP contribution in [0, 0.1) is 0 Å². The van der Waals surface area contributed by atoms with E-state index in [4.69, 9.17) is 9.47 Å². The van der Waals surface area contributed by atoms with Crippen LogP contribution in [-0.4, -0.2) is 38.5 Å². The Morgan fingerprint density at radius 2 is 2.00 bits per heavy atom. The van der Waals surface area contributed by atoms with Crippen LogP contribution in [-0.2, 0) is 0 Å². The molecule has 0 aliphatic carbocycles. The molecular formula is C14H21BrN2O2. The molecule has 1 aromatic carbocycles. The van der Waals surface area contributed by atoms with Crippen molar-refractivity contribution in [3.63, 3.8) is 0 Å². The summed E-state index contributed by atoms with van der Waals surface area (Å²) in [5, 5.41) is 5.97. The Kier molecular flexibility index (Phi) is 6.70. The molecule has 0 unspecified atom stereocenters. The molecule has 0 radical (unpaired) electrons. The first kappa shape index (κ1) is 15.8. The molecule has 4 nitrogen and oxygen atoms in total. The van der Waals surface area contributed by atoms with Gasteiger partial charge in [0.25, 0.3) is 0 Å². The first-order chi connectivity index (χ1) is 9.08. The summed E-state index contributed by atoms with van der Waals surface area (Å²) in [6.07, 6.45) is 2.75. The molecule has 0 heterocycles. The van der Waals surface area contributed by atoms with Gasteiger partial charge < -0.3 is 14.5 Å². The third kappa shape index (κ3) is 5.11. The maximum Gasteiger partial charge on any atom is 0.175 e. The van der Waals surface area contributed by atoms with Crippen molar-refractivity contribution in [3.05, 3.63) is 22.2 Å². The van der Waals surface area contributed by atoms with Gasteiger partial charge in [-0.1, -0.05) is 6.92 Å².